The highest BCUT2D eigenvalue weighted by atomic mass is 19.1. The van der Waals surface area contributed by atoms with Crippen LogP contribution in [0.1, 0.15) is 6.42 Å². The Balaban J connectivity index is 1.56. The van der Waals surface area contributed by atoms with Crippen molar-refractivity contribution in [1.82, 2.24) is 10.2 Å². The van der Waals surface area contributed by atoms with Crippen LogP contribution in [0.15, 0.2) is 0 Å². The van der Waals surface area contributed by atoms with Crippen LogP contribution in [0.3, 0.4) is 0 Å². The Labute approximate surface area is 83.6 Å². The summed E-state index contributed by atoms with van der Waals surface area (Å²) in [6, 6.07) is 0.169. The molecule has 80 valence electrons. The van der Waals surface area contributed by atoms with Gasteiger partial charge in [-0.05, 0) is 13.0 Å². The first-order chi connectivity index (χ1) is 6.79. The zero-order valence-corrected chi connectivity index (χ0v) is 8.34. The molecule has 0 bridgehead atoms. The van der Waals surface area contributed by atoms with Crippen molar-refractivity contribution in [2.45, 2.75) is 18.6 Å². The highest BCUT2D eigenvalue weighted by molar-refractivity contribution is 5.03. The number of rotatable bonds is 1. The first kappa shape index (κ1) is 9.07. The molecule has 0 aromatic rings. The molecule has 3 nitrogen and oxygen atoms in total. The molecule has 1 N–H and O–H groups in total. The summed E-state index contributed by atoms with van der Waals surface area (Å²) in [5.74, 6) is 0. The van der Waals surface area contributed by atoms with Gasteiger partial charge in [0.2, 0.25) is 0 Å². The zero-order valence-electron chi connectivity index (χ0n) is 8.34. The van der Waals surface area contributed by atoms with E-state index in [1.807, 2.05) is 0 Å². The number of piperidine rings is 1. The van der Waals surface area contributed by atoms with E-state index in [1.54, 1.807) is 0 Å². The number of nitrogens with zero attached hydrogens (tertiary/aromatic N) is 1. The van der Waals surface area contributed by atoms with Gasteiger partial charge in [-0.15, -0.1) is 0 Å². The largest absolute Gasteiger partial charge is 0.380 e. The monoisotopic (exact) mass is 200 g/mol. The molecular weight excluding hydrogens is 183 g/mol. The third kappa shape index (κ3) is 1.28. The highest BCUT2D eigenvalue weighted by Gasteiger charge is 2.51. The minimum atomic E-state index is -0.679. The first-order valence-electron chi connectivity index (χ1n) is 5.46. The Morgan fingerprint density at radius 3 is 2.71 bits per heavy atom. The van der Waals surface area contributed by atoms with Crippen molar-refractivity contribution >= 4 is 0 Å². The smallest absolute Gasteiger partial charge is 0.128 e. The number of halogens is 1. The number of alkyl halides is 1. The molecule has 3 fully saturated rings. The number of hydrogen-bond donors (Lipinski definition) is 1. The fraction of sp³-hybridized carbons (Fsp3) is 1.00. The van der Waals surface area contributed by atoms with Crippen LogP contribution >= 0.6 is 0 Å². The molecule has 3 aliphatic heterocycles. The molecule has 0 aromatic carbocycles. The molecule has 1 spiro atoms. The molecule has 2 atom stereocenters. The maximum absolute atomic E-state index is 13.6. The van der Waals surface area contributed by atoms with Crippen molar-refractivity contribution in [2.24, 2.45) is 5.41 Å². The molecule has 0 saturated carbocycles. The topological polar surface area (TPSA) is 24.5 Å². The molecule has 0 aromatic heterocycles. The van der Waals surface area contributed by atoms with E-state index in [0.717, 1.165) is 39.3 Å². The molecule has 2 unspecified atom stereocenters. The molecule has 14 heavy (non-hydrogen) atoms. The van der Waals surface area contributed by atoms with Crippen LogP contribution in [-0.4, -0.2) is 56.5 Å². The second-order valence-corrected chi connectivity index (χ2v) is 4.97. The Bertz CT molecular complexity index is 224. The van der Waals surface area contributed by atoms with Crippen LogP contribution in [0.2, 0.25) is 0 Å². The van der Waals surface area contributed by atoms with Crippen molar-refractivity contribution in [3.8, 4) is 0 Å². The first-order valence-corrected chi connectivity index (χ1v) is 5.46. The normalized spacial score (nSPS) is 41.8. The fourth-order valence-electron chi connectivity index (χ4n) is 2.84. The van der Waals surface area contributed by atoms with Crippen LogP contribution in [0.5, 0.6) is 0 Å². The van der Waals surface area contributed by atoms with Gasteiger partial charge in [0, 0.05) is 31.1 Å². The second-order valence-electron chi connectivity index (χ2n) is 4.97. The molecule has 4 heteroatoms. The third-order valence-electron chi connectivity index (χ3n) is 3.74. The number of hydrogen-bond acceptors (Lipinski definition) is 3. The van der Waals surface area contributed by atoms with Crippen molar-refractivity contribution < 1.29 is 9.13 Å². The summed E-state index contributed by atoms with van der Waals surface area (Å²) in [4.78, 5) is 2.30. The predicted octanol–water partition coefficient (Wildman–Crippen LogP) is 0.0186. The standard InChI is InChI=1S/C10H17FN2O/c11-8-3-12-2-1-9(8)13-4-10(5-13)6-14-7-10/h8-9,12H,1-7H2. The van der Waals surface area contributed by atoms with Crippen LogP contribution in [-0.2, 0) is 4.74 Å². The highest BCUT2D eigenvalue weighted by Crippen LogP contribution is 2.40. The van der Waals surface area contributed by atoms with Crippen molar-refractivity contribution in [3.63, 3.8) is 0 Å². The summed E-state index contributed by atoms with van der Waals surface area (Å²) in [7, 11) is 0. The van der Waals surface area contributed by atoms with Gasteiger partial charge in [0.25, 0.3) is 0 Å². The SMILES string of the molecule is FC1CNCCC1N1CC2(COC2)C1. The Morgan fingerprint density at radius 2 is 2.14 bits per heavy atom. The summed E-state index contributed by atoms with van der Waals surface area (Å²) >= 11 is 0. The van der Waals surface area contributed by atoms with E-state index in [1.165, 1.54) is 0 Å². The van der Waals surface area contributed by atoms with Crippen LogP contribution in [0, 0.1) is 5.41 Å². The minimum absolute atomic E-state index is 0.169. The van der Waals surface area contributed by atoms with Gasteiger partial charge in [-0.2, -0.15) is 0 Å². The molecular formula is C10H17FN2O. The summed E-state index contributed by atoms with van der Waals surface area (Å²) in [6.07, 6.45) is 0.278. The van der Waals surface area contributed by atoms with E-state index >= 15 is 0 Å². The van der Waals surface area contributed by atoms with Gasteiger partial charge in [-0.25, -0.2) is 4.39 Å². The quantitative estimate of drug-likeness (QED) is 0.646. The summed E-state index contributed by atoms with van der Waals surface area (Å²) in [5.41, 5.74) is 0.421. The van der Waals surface area contributed by atoms with Crippen molar-refractivity contribution in [2.75, 3.05) is 39.4 Å². The molecule has 0 aliphatic carbocycles. The summed E-state index contributed by atoms with van der Waals surface area (Å²) in [5, 5.41) is 3.09. The van der Waals surface area contributed by atoms with Gasteiger partial charge >= 0.3 is 0 Å². The Morgan fingerprint density at radius 1 is 1.36 bits per heavy atom. The summed E-state index contributed by atoms with van der Waals surface area (Å²) < 4.78 is 18.8. The van der Waals surface area contributed by atoms with E-state index in [2.05, 4.69) is 10.2 Å². The van der Waals surface area contributed by atoms with Gasteiger partial charge < -0.3 is 10.1 Å². The average molecular weight is 200 g/mol. The van der Waals surface area contributed by atoms with Crippen LogP contribution in [0.4, 0.5) is 4.39 Å². The third-order valence-corrected chi connectivity index (χ3v) is 3.74. The second kappa shape index (κ2) is 3.15. The van der Waals surface area contributed by atoms with Gasteiger partial charge in [0.1, 0.15) is 6.17 Å². The van der Waals surface area contributed by atoms with E-state index in [-0.39, 0.29) is 6.04 Å². The van der Waals surface area contributed by atoms with E-state index in [0.29, 0.717) is 12.0 Å². The minimum Gasteiger partial charge on any atom is -0.380 e. The Hall–Kier alpha value is -0.190. The van der Waals surface area contributed by atoms with E-state index < -0.39 is 6.17 Å². The number of nitrogens with one attached hydrogen (secondary N) is 1. The molecule has 0 radical (unpaired) electrons. The predicted molar refractivity (Wildman–Crippen MR) is 51.0 cm³/mol. The lowest BCUT2D eigenvalue weighted by Gasteiger charge is -2.58. The molecule has 0 amide bonds. The maximum Gasteiger partial charge on any atom is 0.128 e. The van der Waals surface area contributed by atoms with E-state index in [9.17, 15) is 4.39 Å². The average Bonchev–Trinajstić information content (AvgIpc) is 2.03. The maximum atomic E-state index is 13.6. The van der Waals surface area contributed by atoms with Gasteiger partial charge in [-0.1, -0.05) is 0 Å². The molecule has 3 rings (SSSR count). The fourth-order valence-corrected chi connectivity index (χ4v) is 2.84. The lowest BCUT2D eigenvalue weighted by molar-refractivity contribution is -0.204. The lowest BCUT2D eigenvalue weighted by atomic mass is 9.76. The van der Waals surface area contributed by atoms with Crippen LogP contribution in [0.25, 0.3) is 0 Å². The number of ether oxygens (including phenoxy) is 1. The van der Waals surface area contributed by atoms with E-state index in [4.69, 9.17) is 4.74 Å². The number of likely N-dealkylation sites (tertiary alicyclic amines) is 1. The van der Waals surface area contributed by atoms with Crippen molar-refractivity contribution in [1.29, 1.82) is 0 Å². The molecule has 3 saturated heterocycles. The van der Waals surface area contributed by atoms with Gasteiger partial charge in [0.05, 0.1) is 13.2 Å². The lowest BCUT2D eigenvalue weighted by Crippen LogP contribution is -2.70. The van der Waals surface area contributed by atoms with Gasteiger partial charge in [0.15, 0.2) is 0 Å². The Kier molecular flexibility index (Phi) is 2.04. The zero-order chi connectivity index (χ0) is 9.60. The van der Waals surface area contributed by atoms with Gasteiger partial charge in [-0.3, -0.25) is 4.90 Å². The molecule has 3 heterocycles. The van der Waals surface area contributed by atoms with Crippen molar-refractivity contribution in [3.05, 3.63) is 0 Å². The van der Waals surface area contributed by atoms with Crippen LogP contribution < -0.4 is 5.32 Å². The summed E-state index contributed by atoms with van der Waals surface area (Å²) in [6.45, 7) is 5.39. The molecule has 3 aliphatic rings.